The maximum Gasteiger partial charge on any atom is 0.341 e. The summed E-state index contributed by atoms with van der Waals surface area (Å²) in [6.45, 7) is 1.64. The number of carbonyl (C=O) groups is 3. The molecule has 1 heterocycles. The van der Waals surface area contributed by atoms with Gasteiger partial charge in [-0.2, -0.15) is 0 Å². The average Bonchev–Trinajstić information content (AvgIpc) is 2.76. The minimum absolute atomic E-state index is 0.270. The van der Waals surface area contributed by atoms with Gasteiger partial charge < -0.3 is 14.6 Å². The molecule has 0 unspecified atom stereocenters. The Morgan fingerprint density at radius 2 is 2.00 bits per heavy atom. The quantitative estimate of drug-likeness (QED) is 0.713. The van der Waals surface area contributed by atoms with E-state index in [-0.39, 0.29) is 16.9 Å². The monoisotopic (exact) mass is 415 g/mol. The number of amides is 2. The van der Waals surface area contributed by atoms with Crippen molar-refractivity contribution in [2.24, 2.45) is 0 Å². The standard InChI is InChI=1S/C15H14BrNO6S/c1-3-22-10-4-8(5-12-14(20)17(2)15(21)24-12)9(16)6-11(10)23-7-13(18)19/h4-6H,3,7H2,1-2H3,(H,18,19)/b12-5-. The van der Waals surface area contributed by atoms with E-state index in [0.29, 0.717) is 27.3 Å². The Kier molecular flexibility index (Phi) is 5.89. The summed E-state index contributed by atoms with van der Waals surface area (Å²) in [7, 11) is 1.42. The van der Waals surface area contributed by atoms with Crippen LogP contribution in [-0.4, -0.2) is 47.4 Å². The highest BCUT2D eigenvalue weighted by Crippen LogP contribution is 2.37. The predicted octanol–water partition coefficient (Wildman–Crippen LogP) is 2.98. The van der Waals surface area contributed by atoms with Crippen molar-refractivity contribution in [2.75, 3.05) is 20.3 Å². The van der Waals surface area contributed by atoms with Crippen LogP contribution in [0.15, 0.2) is 21.5 Å². The summed E-state index contributed by atoms with van der Waals surface area (Å²) >= 11 is 4.20. The molecule has 7 nitrogen and oxygen atoms in total. The zero-order chi connectivity index (χ0) is 17.9. The number of halogens is 1. The smallest absolute Gasteiger partial charge is 0.341 e. The van der Waals surface area contributed by atoms with Crippen LogP contribution in [0.4, 0.5) is 4.79 Å². The molecule has 0 aromatic heterocycles. The van der Waals surface area contributed by atoms with E-state index in [2.05, 4.69) is 15.9 Å². The summed E-state index contributed by atoms with van der Waals surface area (Å²) in [5.41, 5.74) is 0.611. The number of hydrogen-bond donors (Lipinski definition) is 1. The number of thioether (sulfide) groups is 1. The minimum atomic E-state index is -1.10. The lowest BCUT2D eigenvalue weighted by molar-refractivity contribution is -0.139. The number of hydrogen-bond acceptors (Lipinski definition) is 6. The first-order valence-electron chi connectivity index (χ1n) is 6.86. The molecule has 9 heteroatoms. The van der Waals surface area contributed by atoms with Crippen LogP contribution in [0.5, 0.6) is 11.5 Å². The van der Waals surface area contributed by atoms with Gasteiger partial charge in [0.05, 0.1) is 11.5 Å². The van der Waals surface area contributed by atoms with Gasteiger partial charge >= 0.3 is 5.97 Å². The second-order valence-electron chi connectivity index (χ2n) is 4.68. The van der Waals surface area contributed by atoms with E-state index in [0.717, 1.165) is 16.7 Å². The number of aliphatic carboxylic acids is 1. The van der Waals surface area contributed by atoms with E-state index in [1.54, 1.807) is 25.1 Å². The fraction of sp³-hybridized carbons (Fsp3) is 0.267. The molecule has 24 heavy (non-hydrogen) atoms. The molecular formula is C15H14BrNO6S. The van der Waals surface area contributed by atoms with Gasteiger partial charge in [-0.25, -0.2) is 4.79 Å². The third-order valence-corrected chi connectivity index (χ3v) is 4.63. The Balaban J connectivity index is 2.37. The number of carbonyl (C=O) groups excluding carboxylic acids is 2. The van der Waals surface area contributed by atoms with E-state index in [1.807, 2.05) is 0 Å². The zero-order valence-corrected chi connectivity index (χ0v) is 15.3. The summed E-state index contributed by atoms with van der Waals surface area (Å²) in [6, 6.07) is 3.18. The molecule has 1 aromatic rings. The molecule has 2 rings (SSSR count). The van der Waals surface area contributed by atoms with Crippen molar-refractivity contribution in [2.45, 2.75) is 6.92 Å². The van der Waals surface area contributed by atoms with E-state index < -0.39 is 12.6 Å². The number of ether oxygens (including phenoxy) is 2. The molecular weight excluding hydrogens is 402 g/mol. The predicted molar refractivity (Wildman–Crippen MR) is 92.2 cm³/mol. The average molecular weight is 416 g/mol. The first-order valence-corrected chi connectivity index (χ1v) is 8.47. The summed E-state index contributed by atoms with van der Waals surface area (Å²) in [5.74, 6) is -0.855. The molecule has 0 bridgehead atoms. The number of benzene rings is 1. The molecule has 0 atom stereocenters. The van der Waals surface area contributed by atoms with Crippen LogP contribution >= 0.6 is 27.7 Å². The summed E-state index contributed by atoms with van der Waals surface area (Å²) in [4.78, 5) is 35.5. The van der Waals surface area contributed by atoms with Crippen LogP contribution in [0, 0.1) is 0 Å². The van der Waals surface area contributed by atoms with E-state index in [9.17, 15) is 14.4 Å². The lowest BCUT2D eigenvalue weighted by Crippen LogP contribution is -2.22. The molecule has 1 N–H and O–H groups in total. The highest BCUT2D eigenvalue weighted by Gasteiger charge is 2.32. The number of nitrogens with zero attached hydrogens (tertiary/aromatic N) is 1. The fourth-order valence-corrected chi connectivity index (χ4v) is 3.12. The van der Waals surface area contributed by atoms with Crippen molar-refractivity contribution >= 4 is 50.9 Å². The lowest BCUT2D eigenvalue weighted by atomic mass is 10.2. The van der Waals surface area contributed by atoms with E-state index in [1.165, 1.54) is 7.05 Å². The van der Waals surface area contributed by atoms with Crippen LogP contribution in [0.1, 0.15) is 12.5 Å². The third-order valence-electron chi connectivity index (χ3n) is 2.99. The van der Waals surface area contributed by atoms with Crippen LogP contribution in [0.2, 0.25) is 0 Å². The summed E-state index contributed by atoms with van der Waals surface area (Å²) < 4.78 is 11.2. The van der Waals surface area contributed by atoms with E-state index >= 15 is 0 Å². The van der Waals surface area contributed by atoms with Crippen LogP contribution < -0.4 is 9.47 Å². The second-order valence-corrected chi connectivity index (χ2v) is 6.52. The first-order chi connectivity index (χ1) is 11.3. The molecule has 0 aliphatic carbocycles. The van der Waals surface area contributed by atoms with Crippen molar-refractivity contribution in [1.82, 2.24) is 4.90 Å². The van der Waals surface area contributed by atoms with Gasteiger partial charge in [0.25, 0.3) is 11.1 Å². The Labute approximate surface area is 150 Å². The van der Waals surface area contributed by atoms with Gasteiger partial charge in [-0.1, -0.05) is 15.9 Å². The Morgan fingerprint density at radius 3 is 2.54 bits per heavy atom. The molecule has 0 radical (unpaired) electrons. The molecule has 1 saturated heterocycles. The zero-order valence-electron chi connectivity index (χ0n) is 12.9. The Bertz CT molecular complexity index is 733. The second kappa shape index (κ2) is 7.71. The first kappa shape index (κ1) is 18.3. The molecule has 1 aromatic carbocycles. The molecule has 2 amide bonds. The van der Waals surface area contributed by atoms with Gasteiger partial charge in [0.1, 0.15) is 0 Å². The number of likely N-dealkylation sites (N-methyl/N-ethyl adjacent to an activating group) is 1. The van der Waals surface area contributed by atoms with Gasteiger partial charge in [0.15, 0.2) is 18.1 Å². The number of rotatable bonds is 6. The largest absolute Gasteiger partial charge is 0.490 e. The molecule has 0 saturated carbocycles. The lowest BCUT2D eigenvalue weighted by Gasteiger charge is -2.13. The maximum atomic E-state index is 12.0. The minimum Gasteiger partial charge on any atom is -0.490 e. The van der Waals surface area contributed by atoms with Gasteiger partial charge in [0.2, 0.25) is 0 Å². The van der Waals surface area contributed by atoms with Crippen LogP contribution in [0.25, 0.3) is 6.08 Å². The van der Waals surface area contributed by atoms with Crippen LogP contribution in [-0.2, 0) is 9.59 Å². The number of carboxylic acid groups (broad SMARTS) is 1. The molecule has 128 valence electrons. The van der Waals surface area contributed by atoms with Crippen molar-refractivity contribution < 1.29 is 29.0 Å². The summed E-state index contributed by atoms with van der Waals surface area (Å²) in [6.07, 6.45) is 1.57. The SMILES string of the molecule is CCOc1cc(/C=C2\SC(=O)N(C)C2=O)c(Br)cc1OCC(=O)O. The van der Waals surface area contributed by atoms with Crippen molar-refractivity contribution in [1.29, 1.82) is 0 Å². The van der Waals surface area contributed by atoms with Gasteiger partial charge in [0, 0.05) is 11.5 Å². The van der Waals surface area contributed by atoms with Crippen LogP contribution in [0.3, 0.4) is 0 Å². The normalized spacial score (nSPS) is 16.0. The number of imide groups is 1. The molecule has 1 aliphatic heterocycles. The van der Waals surface area contributed by atoms with Gasteiger partial charge in [-0.15, -0.1) is 0 Å². The van der Waals surface area contributed by atoms with Crippen molar-refractivity contribution in [3.63, 3.8) is 0 Å². The van der Waals surface area contributed by atoms with Gasteiger partial charge in [-0.05, 0) is 42.5 Å². The highest BCUT2D eigenvalue weighted by atomic mass is 79.9. The van der Waals surface area contributed by atoms with Crippen molar-refractivity contribution in [3.8, 4) is 11.5 Å². The maximum absolute atomic E-state index is 12.0. The van der Waals surface area contributed by atoms with E-state index in [4.69, 9.17) is 14.6 Å². The molecule has 0 spiro atoms. The summed E-state index contributed by atoms with van der Waals surface area (Å²) in [5, 5.41) is 8.39. The topological polar surface area (TPSA) is 93.1 Å². The molecule has 1 aliphatic rings. The highest BCUT2D eigenvalue weighted by molar-refractivity contribution is 9.10. The Hall–Kier alpha value is -2.00. The molecule has 1 fully saturated rings. The third kappa shape index (κ3) is 4.09. The number of carboxylic acids is 1. The fourth-order valence-electron chi connectivity index (χ4n) is 1.87. The Morgan fingerprint density at radius 1 is 1.33 bits per heavy atom. The van der Waals surface area contributed by atoms with Crippen molar-refractivity contribution in [3.05, 3.63) is 27.1 Å². The van der Waals surface area contributed by atoms with Gasteiger partial charge in [-0.3, -0.25) is 14.5 Å².